The van der Waals surface area contributed by atoms with E-state index in [1.165, 1.54) is 5.39 Å². The highest BCUT2D eigenvalue weighted by Gasteiger charge is 2.34. The van der Waals surface area contributed by atoms with Crippen LogP contribution in [0.3, 0.4) is 0 Å². The molecule has 21 heavy (non-hydrogen) atoms. The number of benzene rings is 1. The van der Waals surface area contributed by atoms with E-state index in [2.05, 4.69) is 32.6 Å². The maximum Gasteiger partial charge on any atom is 0.284 e. The van der Waals surface area contributed by atoms with Gasteiger partial charge in [-0.1, -0.05) is 24.3 Å². The lowest BCUT2D eigenvalue weighted by molar-refractivity contribution is -0.123. The molecule has 1 aliphatic rings. The predicted molar refractivity (Wildman–Crippen MR) is 78.0 cm³/mol. The molecule has 1 aliphatic heterocycles. The Bertz CT molecular complexity index is 594. The molecule has 1 unspecified atom stereocenters. The number of hydrogen-bond donors (Lipinski definition) is 3. The van der Waals surface area contributed by atoms with E-state index in [1.54, 1.807) is 0 Å². The van der Waals surface area contributed by atoms with E-state index in [4.69, 9.17) is 11.6 Å². The van der Waals surface area contributed by atoms with Gasteiger partial charge in [0.1, 0.15) is 0 Å². The van der Waals surface area contributed by atoms with Gasteiger partial charge in [-0.3, -0.25) is 20.9 Å². The number of carbonyl (C=O) groups excluding carboxylic acids is 1. The van der Waals surface area contributed by atoms with Crippen molar-refractivity contribution in [2.45, 2.75) is 5.66 Å². The summed E-state index contributed by atoms with van der Waals surface area (Å²) in [5.74, 6) is 4.15. The Morgan fingerprint density at radius 2 is 1.90 bits per heavy atom. The van der Waals surface area contributed by atoms with E-state index in [-0.39, 0.29) is 5.48 Å². The predicted octanol–water partition coefficient (Wildman–Crippen LogP) is -0.507. The van der Waals surface area contributed by atoms with Gasteiger partial charge in [0.2, 0.25) is 5.66 Å². The van der Waals surface area contributed by atoms with Crippen LogP contribution >= 0.6 is 0 Å². The number of carbonyl (C=O) groups is 1. The first kappa shape index (κ1) is 16.3. The van der Waals surface area contributed by atoms with Crippen LogP contribution in [0.15, 0.2) is 58.0 Å². The Morgan fingerprint density at radius 3 is 2.52 bits per heavy atom. The lowest BCUT2D eigenvalue weighted by atomic mass is 10.2. The lowest BCUT2D eigenvalue weighted by Gasteiger charge is -2.10. The summed E-state index contributed by atoms with van der Waals surface area (Å²) in [6.07, 6.45) is 2.91. The number of pyridine rings is 1. The number of hydrogen-bond acceptors (Lipinski definition) is 7. The number of para-hydroxylation sites is 1. The summed E-state index contributed by atoms with van der Waals surface area (Å²) < 4.78 is 0. The molecule has 0 spiro atoms. The first-order valence-corrected chi connectivity index (χ1v) is 5.72. The van der Waals surface area contributed by atoms with Gasteiger partial charge in [-0.05, 0) is 17.4 Å². The van der Waals surface area contributed by atoms with Crippen LogP contribution in [0.5, 0.6) is 0 Å². The van der Waals surface area contributed by atoms with Crippen LogP contribution in [-0.4, -0.2) is 28.2 Å². The number of aromatic nitrogens is 1. The molecule has 0 saturated heterocycles. The van der Waals surface area contributed by atoms with E-state index in [0.29, 0.717) is 0 Å². The molecule has 9 nitrogen and oxygen atoms in total. The molecule has 2 aromatic rings. The van der Waals surface area contributed by atoms with E-state index in [0.717, 1.165) is 11.7 Å². The second-order valence-electron chi connectivity index (χ2n) is 3.93. The minimum absolute atomic E-state index is 0. The summed E-state index contributed by atoms with van der Waals surface area (Å²) in [7, 11) is 0. The molecule has 2 heterocycles. The smallest absolute Gasteiger partial charge is 0.284 e. The molecular weight excluding hydrogens is 274 g/mol. The zero-order valence-corrected chi connectivity index (χ0v) is 11.0. The Hall–Kier alpha value is -2.75. The first-order chi connectivity index (χ1) is 9.65. The van der Waals surface area contributed by atoms with E-state index in [9.17, 15) is 4.79 Å². The van der Waals surface area contributed by atoms with Gasteiger partial charge < -0.3 is 5.48 Å². The van der Waals surface area contributed by atoms with Crippen LogP contribution in [0.2, 0.25) is 0 Å². The van der Waals surface area contributed by atoms with Crippen molar-refractivity contribution in [1.29, 1.82) is 0 Å². The molecule has 9 heteroatoms. The maximum absolute atomic E-state index is 10.7. The fourth-order valence-corrected chi connectivity index (χ4v) is 1.48. The van der Waals surface area contributed by atoms with Crippen molar-refractivity contribution in [3.05, 3.63) is 42.6 Å². The number of rotatable bonds is 1. The van der Waals surface area contributed by atoms with Crippen molar-refractivity contribution in [1.82, 2.24) is 10.4 Å². The monoisotopic (exact) mass is 289 g/mol. The largest absolute Gasteiger partial charge is 0.412 e. The molecule has 0 bridgehead atoms. The second kappa shape index (κ2) is 7.14. The van der Waals surface area contributed by atoms with Crippen LogP contribution < -0.4 is 17.0 Å². The Kier molecular flexibility index (Phi) is 5.55. The van der Waals surface area contributed by atoms with Gasteiger partial charge in [0.15, 0.2) is 0 Å². The summed E-state index contributed by atoms with van der Waals surface area (Å²) in [5.41, 5.74) is 6.70. The molecule has 1 aromatic heterocycles. The minimum atomic E-state index is -1.51. The maximum atomic E-state index is 10.7. The first-order valence-electron chi connectivity index (χ1n) is 5.72. The fourth-order valence-electron chi connectivity index (χ4n) is 1.48. The lowest BCUT2D eigenvalue weighted by Crippen LogP contribution is -2.54. The van der Waals surface area contributed by atoms with Gasteiger partial charge in [-0.2, -0.15) is 0 Å². The van der Waals surface area contributed by atoms with Gasteiger partial charge in [0.05, 0.1) is 11.7 Å². The van der Waals surface area contributed by atoms with Crippen molar-refractivity contribution >= 4 is 23.0 Å². The summed E-state index contributed by atoms with van der Waals surface area (Å²) >= 11 is 0. The summed E-state index contributed by atoms with van der Waals surface area (Å²) in [6, 6.07) is 12.1. The van der Waals surface area contributed by atoms with E-state index < -0.39 is 11.6 Å². The molecule has 0 radical (unpaired) electrons. The quantitative estimate of drug-likeness (QED) is 0.366. The zero-order valence-electron chi connectivity index (χ0n) is 11.0. The van der Waals surface area contributed by atoms with Crippen LogP contribution in [0.25, 0.3) is 10.9 Å². The molecule has 1 amide bonds. The zero-order chi connectivity index (χ0) is 14.4. The highest BCUT2D eigenvalue weighted by molar-refractivity contribution is 6.02. The Morgan fingerprint density at radius 1 is 1.19 bits per heavy atom. The average Bonchev–Trinajstić information content (AvgIpc) is 2.95. The van der Waals surface area contributed by atoms with Crippen LogP contribution in [0.4, 0.5) is 0 Å². The molecule has 3 rings (SSSR count). The molecule has 0 saturated carbocycles. The number of nitrogens with one attached hydrogen (secondary N) is 1. The van der Waals surface area contributed by atoms with Gasteiger partial charge in [0, 0.05) is 11.6 Å². The topological polar surface area (TPSA) is 163 Å². The van der Waals surface area contributed by atoms with Gasteiger partial charge >= 0.3 is 0 Å². The average molecular weight is 289 g/mol. The normalized spacial score (nSPS) is 18.6. The second-order valence-corrected chi connectivity index (χ2v) is 3.93. The SMILES string of the molecule is NNC(=O)C1(N)C=NN=N1.O.c1ccc2ncccc2c1. The molecule has 110 valence electrons. The third-order valence-electron chi connectivity index (χ3n) is 2.52. The molecule has 1 aromatic carbocycles. The number of fused-ring (bicyclic) bond motifs is 1. The third kappa shape index (κ3) is 3.86. The minimum Gasteiger partial charge on any atom is -0.412 e. The van der Waals surface area contributed by atoms with E-state index >= 15 is 0 Å². The molecule has 0 fully saturated rings. The molecule has 0 aliphatic carbocycles. The van der Waals surface area contributed by atoms with Gasteiger partial charge in [0.25, 0.3) is 5.91 Å². The van der Waals surface area contributed by atoms with E-state index in [1.807, 2.05) is 35.9 Å². The number of nitrogens with zero attached hydrogens (tertiary/aromatic N) is 4. The highest BCUT2D eigenvalue weighted by atomic mass is 16.2. The number of nitrogens with two attached hydrogens (primary N) is 2. The Balaban J connectivity index is 0.000000200. The summed E-state index contributed by atoms with van der Waals surface area (Å²) in [5, 5.41) is 11.0. The highest BCUT2D eigenvalue weighted by Crippen LogP contribution is 2.08. The standard InChI is InChI=1S/C9H7N.C3H6N6O.H2O/c1-2-6-9-8(4-1)5-3-7-10-9;4-3(2(10)7-5)1-6-9-8-3;/h1-7H;1H,4-5H2,(H,7,10);1H2. The van der Waals surface area contributed by atoms with Gasteiger partial charge in [-0.25, -0.2) is 5.84 Å². The third-order valence-corrected chi connectivity index (χ3v) is 2.52. The van der Waals surface area contributed by atoms with Crippen molar-refractivity contribution in [3.63, 3.8) is 0 Å². The fraction of sp³-hybridized carbons (Fsp3) is 0.0833. The van der Waals surface area contributed by atoms with Gasteiger partial charge in [-0.15, -0.1) is 10.2 Å². The number of amides is 1. The van der Waals surface area contributed by atoms with Crippen molar-refractivity contribution < 1.29 is 10.3 Å². The summed E-state index contributed by atoms with van der Waals surface area (Å²) in [6.45, 7) is 0. The Labute approximate surface area is 120 Å². The van der Waals surface area contributed by atoms with Crippen LogP contribution in [0, 0.1) is 0 Å². The number of hydrazine groups is 1. The van der Waals surface area contributed by atoms with Crippen molar-refractivity contribution in [3.8, 4) is 0 Å². The molecule has 1 atom stereocenters. The van der Waals surface area contributed by atoms with Crippen LogP contribution in [0.1, 0.15) is 0 Å². The molecular formula is C12H15N7O2. The van der Waals surface area contributed by atoms with Crippen molar-refractivity contribution in [2.24, 2.45) is 27.0 Å². The summed E-state index contributed by atoms with van der Waals surface area (Å²) in [4.78, 5) is 14.9. The van der Waals surface area contributed by atoms with Crippen molar-refractivity contribution in [2.75, 3.05) is 0 Å². The van der Waals surface area contributed by atoms with Crippen LogP contribution in [-0.2, 0) is 4.79 Å². The molecule has 7 N–H and O–H groups in total.